The van der Waals surface area contributed by atoms with Crippen LogP contribution in [0.25, 0.3) is 0 Å². The molecular weight excluding hydrogens is 266 g/mol. The highest BCUT2D eigenvalue weighted by Crippen LogP contribution is 2.28. The van der Waals surface area contributed by atoms with Gasteiger partial charge in [-0.3, -0.25) is 5.32 Å². The van der Waals surface area contributed by atoms with Crippen LogP contribution >= 0.6 is 11.3 Å². The van der Waals surface area contributed by atoms with Gasteiger partial charge in [-0.2, -0.15) is 0 Å². The molecule has 0 aromatic carbocycles. The van der Waals surface area contributed by atoms with E-state index in [0.717, 1.165) is 24.1 Å². The monoisotopic (exact) mass is 283 g/mol. The lowest BCUT2D eigenvalue weighted by Gasteiger charge is -2.33. The maximum Gasteiger partial charge on any atom is 0.329 e. The molecule has 2 rings (SSSR count). The number of hydrogen-bond donors (Lipinski definition) is 3. The van der Waals surface area contributed by atoms with Crippen molar-refractivity contribution < 1.29 is 14.7 Å². The van der Waals surface area contributed by atoms with Gasteiger partial charge in [-0.15, -0.1) is 11.3 Å². The molecule has 1 saturated carbocycles. The van der Waals surface area contributed by atoms with E-state index in [2.05, 4.69) is 15.6 Å². The van der Waals surface area contributed by atoms with Gasteiger partial charge in [-0.1, -0.05) is 19.3 Å². The summed E-state index contributed by atoms with van der Waals surface area (Å²) in [6, 6.07) is -0.501. The molecule has 3 N–H and O–H groups in total. The third-order valence-electron chi connectivity index (χ3n) is 3.31. The number of amides is 2. The lowest BCUT2D eigenvalue weighted by Crippen LogP contribution is -2.56. The first-order valence-corrected chi connectivity index (χ1v) is 7.08. The van der Waals surface area contributed by atoms with Gasteiger partial charge in [0.05, 0.1) is 0 Å². The van der Waals surface area contributed by atoms with Crippen molar-refractivity contribution in [2.45, 2.75) is 44.6 Å². The fourth-order valence-electron chi connectivity index (χ4n) is 2.31. The smallest absolute Gasteiger partial charge is 0.329 e. The minimum absolute atomic E-state index is 0.478. The molecule has 0 bridgehead atoms. The van der Waals surface area contributed by atoms with E-state index in [0.29, 0.717) is 18.0 Å². The largest absolute Gasteiger partial charge is 0.480 e. The quantitative estimate of drug-likeness (QED) is 0.794. The van der Waals surface area contributed by atoms with E-state index in [1.54, 1.807) is 6.20 Å². The Hall–Kier alpha value is -1.63. The van der Waals surface area contributed by atoms with Gasteiger partial charge in [-0.05, 0) is 19.8 Å². The van der Waals surface area contributed by atoms with Gasteiger partial charge in [-0.25, -0.2) is 14.6 Å². The number of aryl methyl sites for hydroxylation is 1. The normalized spacial score (nSPS) is 17.7. The van der Waals surface area contributed by atoms with Crippen molar-refractivity contribution in [3.63, 3.8) is 0 Å². The summed E-state index contributed by atoms with van der Waals surface area (Å²) in [5.74, 6) is -0.960. The highest BCUT2D eigenvalue weighted by Gasteiger charge is 2.41. The first-order valence-electron chi connectivity index (χ1n) is 6.27. The maximum atomic E-state index is 11.9. The predicted octanol–water partition coefficient (Wildman–Crippen LogP) is 2.36. The molecule has 1 aromatic rings. The first-order chi connectivity index (χ1) is 9.02. The number of aliphatic carboxylic acids is 1. The van der Waals surface area contributed by atoms with Crippen LogP contribution in [0.2, 0.25) is 0 Å². The van der Waals surface area contributed by atoms with Gasteiger partial charge in [0.2, 0.25) is 0 Å². The number of urea groups is 1. The van der Waals surface area contributed by atoms with E-state index < -0.39 is 17.5 Å². The minimum Gasteiger partial charge on any atom is -0.480 e. The summed E-state index contributed by atoms with van der Waals surface area (Å²) in [5.41, 5.74) is -1.13. The molecule has 1 aromatic heterocycles. The lowest BCUT2D eigenvalue weighted by atomic mass is 9.82. The number of carbonyl (C=O) groups excluding carboxylic acids is 1. The average Bonchev–Trinajstić information content (AvgIpc) is 2.75. The van der Waals surface area contributed by atoms with Gasteiger partial charge in [0.15, 0.2) is 5.13 Å². The lowest BCUT2D eigenvalue weighted by molar-refractivity contribution is -0.145. The fraction of sp³-hybridized carbons (Fsp3) is 0.583. The van der Waals surface area contributed by atoms with Crippen molar-refractivity contribution in [3.8, 4) is 0 Å². The van der Waals surface area contributed by atoms with Gasteiger partial charge < -0.3 is 10.4 Å². The van der Waals surface area contributed by atoms with Gasteiger partial charge in [0, 0.05) is 11.1 Å². The first kappa shape index (κ1) is 13.8. The molecule has 7 heteroatoms. The van der Waals surface area contributed by atoms with Crippen molar-refractivity contribution >= 4 is 28.5 Å². The molecule has 1 fully saturated rings. The summed E-state index contributed by atoms with van der Waals surface area (Å²) in [7, 11) is 0. The fourth-order valence-corrected chi connectivity index (χ4v) is 2.97. The molecule has 2 amide bonds. The van der Waals surface area contributed by atoms with Crippen LogP contribution in [-0.2, 0) is 4.79 Å². The second-order valence-corrected chi connectivity index (χ2v) is 6.04. The minimum atomic E-state index is -1.13. The van der Waals surface area contributed by atoms with Crippen LogP contribution in [0.4, 0.5) is 9.93 Å². The van der Waals surface area contributed by atoms with Crippen LogP contribution in [-0.4, -0.2) is 27.6 Å². The molecule has 0 atom stereocenters. The zero-order chi connectivity index (χ0) is 13.9. The Morgan fingerprint density at radius 3 is 2.58 bits per heavy atom. The molecule has 0 saturated heterocycles. The second kappa shape index (κ2) is 5.56. The summed E-state index contributed by atoms with van der Waals surface area (Å²) in [4.78, 5) is 28.3. The Morgan fingerprint density at radius 1 is 1.37 bits per heavy atom. The van der Waals surface area contributed by atoms with Crippen molar-refractivity contribution in [1.29, 1.82) is 0 Å². The summed E-state index contributed by atoms with van der Waals surface area (Å²) >= 11 is 1.35. The summed E-state index contributed by atoms with van der Waals surface area (Å²) < 4.78 is 0. The zero-order valence-corrected chi connectivity index (χ0v) is 11.5. The Bertz CT molecular complexity index is 480. The van der Waals surface area contributed by atoms with Crippen molar-refractivity contribution in [2.24, 2.45) is 0 Å². The number of aromatic nitrogens is 1. The number of hydrogen-bond acceptors (Lipinski definition) is 4. The van der Waals surface area contributed by atoms with Gasteiger partial charge >= 0.3 is 12.0 Å². The van der Waals surface area contributed by atoms with Gasteiger partial charge in [0.25, 0.3) is 0 Å². The topological polar surface area (TPSA) is 91.3 Å². The molecule has 0 spiro atoms. The SMILES string of the molecule is Cc1cnc(NC(=O)NC2(C(=O)O)CCCCC2)s1. The van der Waals surface area contributed by atoms with Crippen LogP contribution in [0.3, 0.4) is 0 Å². The maximum absolute atomic E-state index is 11.9. The molecule has 0 radical (unpaired) electrons. The van der Waals surface area contributed by atoms with Crippen LogP contribution < -0.4 is 10.6 Å². The highest BCUT2D eigenvalue weighted by atomic mass is 32.1. The van der Waals surface area contributed by atoms with Crippen LogP contribution in [0.15, 0.2) is 6.20 Å². The van der Waals surface area contributed by atoms with E-state index >= 15 is 0 Å². The van der Waals surface area contributed by atoms with E-state index in [1.165, 1.54) is 11.3 Å². The number of thiazole rings is 1. The predicted molar refractivity (Wildman–Crippen MR) is 72.5 cm³/mol. The summed E-state index contributed by atoms with van der Waals surface area (Å²) in [5, 5.41) is 15.0. The molecule has 6 nitrogen and oxygen atoms in total. The van der Waals surface area contributed by atoms with E-state index in [4.69, 9.17) is 0 Å². The standard InChI is InChI=1S/C12H17N3O3S/c1-8-7-13-11(19-8)14-10(18)15-12(9(16)17)5-3-2-4-6-12/h7H,2-6H2,1H3,(H,16,17)(H2,13,14,15,18). The van der Waals surface area contributed by atoms with Gasteiger partial charge in [0.1, 0.15) is 5.54 Å². The average molecular weight is 283 g/mol. The Labute approximate surface area is 115 Å². The molecule has 0 aliphatic heterocycles. The van der Waals surface area contributed by atoms with E-state index in [9.17, 15) is 14.7 Å². The van der Waals surface area contributed by atoms with Crippen LogP contribution in [0.1, 0.15) is 37.0 Å². The Kier molecular flexibility index (Phi) is 4.04. The van der Waals surface area contributed by atoms with Crippen molar-refractivity contribution in [2.75, 3.05) is 5.32 Å². The second-order valence-electron chi connectivity index (χ2n) is 4.80. The number of anilines is 1. The Morgan fingerprint density at radius 2 is 2.05 bits per heavy atom. The number of carboxylic acid groups (broad SMARTS) is 1. The Balaban J connectivity index is 2.01. The molecule has 19 heavy (non-hydrogen) atoms. The van der Waals surface area contributed by atoms with Crippen LogP contribution in [0.5, 0.6) is 0 Å². The highest BCUT2D eigenvalue weighted by molar-refractivity contribution is 7.15. The molecule has 1 aliphatic rings. The molecular formula is C12H17N3O3S. The molecule has 0 unspecified atom stereocenters. The molecule has 104 valence electrons. The number of nitrogens with zero attached hydrogens (tertiary/aromatic N) is 1. The molecule has 1 heterocycles. The number of nitrogens with one attached hydrogen (secondary N) is 2. The van der Waals surface area contributed by atoms with E-state index in [-0.39, 0.29) is 0 Å². The summed E-state index contributed by atoms with van der Waals surface area (Å²) in [6.07, 6.45) is 5.28. The number of rotatable bonds is 3. The van der Waals surface area contributed by atoms with Crippen LogP contribution in [0, 0.1) is 6.92 Å². The van der Waals surface area contributed by atoms with E-state index in [1.807, 2.05) is 6.92 Å². The summed E-state index contributed by atoms with van der Waals surface area (Å²) in [6.45, 7) is 1.89. The third kappa shape index (κ3) is 3.23. The van der Waals surface area contributed by atoms with Crippen molar-refractivity contribution in [1.82, 2.24) is 10.3 Å². The molecule has 1 aliphatic carbocycles. The third-order valence-corrected chi connectivity index (χ3v) is 4.14. The van der Waals surface area contributed by atoms with Crippen molar-refractivity contribution in [3.05, 3.63) is 11.1 Å². The zero-order valence-electron chi connectivity index (χ0n) is 10.7. The number of carbonyl (C=O) groups is 2. The number of carboxylic acids is 1.